The van der Waals surface area contributed by atoms with Gasteiger partial charge in [-0.1, -0.05) is 29.8 Å². The van der Waals surface area contributed by atoms with Crippen LogP contribution >= 0.6 is 11.6 Å². The monoisotopic (exact) mass is 367 g/mol. The maximum absolute atomic E-state index is 12.4. The van der Waals surface area contributed by atoms with Gasteiger partial charge in [-0.2, -0.15) is 0 Å². The summed E-state index contributed by atoms with van der Waals surface area (Å²) in [4.78, 5) is 17.2. The molecule has 1 atom stereocenters. The number of hydrogen-bond acceptors (Lipinski definition) is 4. The van der Waals surface area contributed by atoms with Crippen molar-refractivity contribution in [2.75, 3.05) is 36.4 Å². The SMILES string of the molecule is O=C1C[C@H](N2CCN(c3ccccc3)CC2)C=C1Nc1ccc(Cl)cc1. The van der Waals surface area contributed by atoms with Gasteiger partial charge < -0.3 is 10.2 Å². The van der Waals surface area contributed by atoms with Crippen LogP contribution in [0.1, 0.15) is 6.42 Å². The van der Waals surface area contributed by atoms with E-state index >= 15 is 0 Å². The molecular formula is C21H22ClN3O. The maximum Gasteiger partial charge on any atom is 0.180 e. The summed E-state index contributed by atoms with van der Waals surface area (Å²) in [6, 6.07) is 18.1. The molecule has 2 aromatic carbocycles. The van der Waals surface area contributed by atoms with E-state index in [-0.39, 0.29) is 11.8 Å². The summed E-state index contributed by atoms with van der Waals surface area (Å²) in [6.07, 6.45) is 2.64. The van der Waals surface area contributed by atoms with Gasteiger partial charge in [0.05, 0.1) is 5.70 Å². The Morgan fingerprint density at radius 3 is 2.31 bits per heavy atom. The highest BCUT2D eigenvalue weighted by atomic mass is 35.5. The van der Waals surface area contributed by atoms with Gasteiger partial charge in [-0.05, 0) is 42.5 Å². The lowest BCUT2D eigenvalue weighted by Crippen LogP contribution is -2.49. The predicted molar refractivity (Wildman–Crippen MR) is 107 cm³/mol. The van der Waals surface area contributed by atoms with Crippen molar-refractivity contribution < 1.29 is 4.79 Å². The molecule has 4 rings (SSSR count). The lowest BCUT2D eigenvalue weighted by atomic mass is 10.1. The summed E-state index contributed by atoms with van der Waals surface area (Å²) in [7, 11) is 0. The quantitative estimate of drug-likeness (QED) is 0.891. The van der Waals surface area contributed by atoms with Crippen molar-refractivity contribution in [1.82, 2.24) is 4.90 Å². The van der Waals surface area contributed by atoms with Crippen molar-refractivity contribution in [2.45, 2.75) is 12.5 Å². The van der Waals surface area contributed by atoms with Crippen LogP contribution in [0.5, 0.6) is 0 Å². The summed E-state index contributed by atoms with van der Waals surface area (Å²) >= 11 is 5.92. The van der Waals surface area contributed by atoms with Crippen LogP contribution in [0, 0.1) is 0 Å². The van der Waals surface area contributed by atoms with Crippen LogP contribution < -0.4 is 10.2 Å². The van der Waals surface area contributed by atoms with Crippen molar-refractivity contribution in [1.29, 1.82) is 0 Å². The molecule has 2 aliphatic rings. The number of nitrogens with one attached hydrogen (secondary N) is 1. The number of ketones is 1. The number of halogens is 1. The van der Waals surface area contributed by atoms with Gasteiger partial charge in [0, 0.05) is 55.0 Å². The van der Waals surface area contributed by atoms with Crippen molar-refractivity contribution in [2.24, 2.45) is 0 Å². The third kappa shape index (κ3) is 3.76. The Bertz CT molecular complexity index is 796. The number of Topliss-reactive ketones (excluding diaryl/α,β-unsaturated/α-hetero) is 1. The molecule has 4 nitrogen and oxygen atoms in total. The summed E-state index contributed by atoms with van der Waals surface area (Å²) < 4.78 is 0. The van der Waals surface area contributed by atoms with E-state index in [1.54, 1.807) is 0 Å². The Kier molecular flexibility index (Phi) is 4.96. The molecule has 2 aromatic rings. The zero-order chi connectivity index (χ0) is 17.9. The second kappa shape index (κ2) is 7.52. The number of nitrogens with zero attached hydrogens (tertiary/aromatic N) is 2. The van der Waals surface area contributed by atoms with Crippen LogP contribution in [-0.2, 0) is 4.79 Å². The van der Waals surface area contributed by atoms with Gasteiger partial charge in [-0.25, -0.2) is 0 Å². The van der Waals surface area contributed by atoms with Gasteiger partial charge in [-0.15, -0.1) is 0 Å². The fourth-order valence-electron chi connectivity index (χ4n) is 3.63. The van der Waals surface area contributed by atoms with Gasteiger partial charge in [0.15, 0.2) is 5.78 Å². The maximum atomic E-state index is 12.4. The number of piperazine rings is 1. The van der Waals surface area contributed by atoms with Gasteiger partial charge in [-0.3, -0.25) is 9.69 Å². The molecule has 0 amide bonds. The number of anilines is 2. The van der Waals surface area contributed by atoms with Crippen molar-refractivity contribution in [3.63, 3.8) is 0 Å². The molecule has 1 heterocycles. The van der Waals surface area contributed by atoms with E-state index < -0.39 is 0 Å². The lowest BCUT2D eigenvalue weighted by Gasteiger charge is -2.38. The molecule has 1 saturated heterocycles. The molecule has 26 heavy (non-hydrogen) atoms. The molecule has 0 aromatic heterocycles. The van der Waals surface area contributed by atoms with E-state index in [1.165, 1.54) is 5.69 Å². The Morgan fingerprint density at radius 2 is 1.62 bits per heavy atom. The molecule has 1 aliphatic carbocycles. The number of hydrogen-bond donors (Lipinski definition) is 1. The largest absolute Gasteiger partial charge is 0.369 e. The Morgan fingerprint density at radius 1 is 0.923 bits per heavy atom. The topological polar surface area (TPSA) is 35.6 Å². The van der Waals surface area contributed by atoms with E-state index in [0.29, 0.717) is 17.1 Å². The minimum Gasteiger partial charge on any atom is -0.369 e. The van der Waals surface area contributed by atoms with Crippen LogP contribution in [0.25, 0.3) is 0 Å². The second-order valence-corrected chi connectivity index (χ2v) is 7.20. The Balaban J connectivity index is 1.37. The highest BCUT2D eigenvalue weighted by molar-refractivity contribution is 6.30. The highest BCUT2D eigenvalue weighted by Crippen LogP contribution is 2.25. The highest BCUT2D eigenvalue weighted by Gasteiger charge is 2.30. The number of benzene rings is 2. The number of para-hydroxylation sites is 1. The predicted octanol–water partition coefficient (Wildman–Crippen LogP) is 3.80. The first-order valence-corrected chi connectivity index (χ1v) is 9.38. The zero-order valence-electron chi connectivity index (χ0n) is 14.6. The van der Waals surface area contributed by atoms with Crippen LogP contribution in [0.4, 0.5) is 11.4 Å². The number of rotatable bonds is 4. The molecule has 0 unspecified atom stereocenters. The number of carbonyl (C=O) groups is 1. The molecule has 0 spiro atoms. The van der Waals surface area contributed by atoms with Crippen molar-refractivity contribution in [3.05, 3.63) is 71.4 Å². The third-order valence-corrected chi connectivity index (χ3v) is 5.33. The summed E-state index contributed by atoms with van der Waals surface area (Å²) in [5, 5.41) is 3.93. The molecule has 134 valence electrons. The normalized spacial score (nSPS) is 21.0. The molecule has 0 saturated carbocycles. The van der Waals surface area contributed by atoms with E-state index in [0.717, 1.165) is 31.9 Å². The first-order chi connectivity index (χ1) is 12.7. The van der Waals surface area contributed by atoms with Crippen LogP contribution in [0.2, 0.25) is 5.02 Å². The smallest absolute Gasteiger partial charge is 0.180 e. The second-order valence-electron chi connectivity index (χ2n) is 6.77. The molecule has 0 radical (unpaired) electrons. The Labute approximate surface area is 159 Å². The summed E-state index contributed by atoms with van der Waals surface area (Å²) in [6.45, 7) is 3.92. The van der Waals surface area contributed by atoms with Gasteiger partial charge in [0.2, 0.25) is 0 Å². The van der Waals surface area contributed by atoms with E-state index in [2.05, 4.69) is 45.5 Å². The van der Waals surface area contributed by atoms with E-state index in [9.17, 15) is 4.79 Å². The first-order valence-electron chi connectivity index (χ1n) is 9.01. The minimum absolute atomic E-state index is 0.176. The van der Waals surface area contributed by atoms with Crippen molar-refractivity contribution >= 4 is 28.8 Å². The molecule has 1 N–H and O–H groups in total. The van der Waals surface area contributed by atoms with Crippen LogP contribution in [0.15, 0.2) is 66.4 Å². The minimum atomic E-state index is 0.176. The molecular weight excluding hydrogens is 346 g/mol. The van der Waals surface area contributed by atoms with Crippen molar-refractivity contribution in [3.8, 4) is 0 Å². The van der Waals surface area contributed by atoms with Gasteiger partial charge in [0.25, 0.3) is 0 Å². The zero-order valence-corrected chi connectivity index (χ0v) is 15.3. The van der Waals surface area contributed by atoms with Gasteiger partial charge >= 0.3 is 0 Å². The number of allylic oxidation sites excluding steroid dienone is 1. The van der Waals surface area contributed by atoms with E-state index in [1.807, 2.05) is 30.3 Å². The van der Waals surface area contributed by atoms with E-state index in [4.69, 9.17) is 11.6 Å². The first kappa shape index (κ1) is 17.1. The molecule has 0 bridgehead atoms. The third-order valence-electron chi connectivity index (χ3n) is 5.08. The summed E-state index contributed by atoms with van der Waals surface area (Å²) in [5.74, 6) is 0.176. The fourth-order valence-corrected chi connectivity index (χ4v) is 3.76. The van der Waals surface area contributed by atoms with Crippen LogP contribution in [0.3, 0.4) is 0 Å². The molecule has 1 fully saturated rings. The summed E-state index contributed by atoms with van der Waals surface area (Å²) in [5.41, 5.74) is 2.86. The van der Waals surface area contributed by atoms with Crippen LogP contribution in [-0.4, -0.2) is 42.9 Å². The molecule has 5 heteroatoms. The Hall–Kier alpha value is -2.30. The lowest BCUT2D eigenvalue weighted by molar-refractivity contribution is -0.115. The fraction of sp³-hybridized carbons (Fsp3) is 0.286. The molecule has 1 aliphatic heterocycles. The number of carbonyl (C=O) groups excluding carboxylic acids is 1. The van der Waals surface area contributed by atoms with Gasteiger partial charge in [0.1, 0.15) is 0 Å². The standard InChI is InChI=1S/C21H22ClN3O/c22-16-6-8-17(9-7-16)23-20-14-19(15-21(20)26)25-12-10-24(11-13-25)18-4-2-1-3-5-18/h1-9,14,19,23H,10-13,15H2/t19-/m1/s1. The average Bonchev–Trinajstić information content (AvgIpc) is 3.05. The average molecular weight is 368 g/mol.